The number of fused-ring (bicyclic) bond motifs is 1. The Balaban J connectivity index is 1.74. The van der Waals surface area contributed by atoms with Crippen molar-refractivity contribution in [2.45, 2.75) is 11.9 Å². The van der Waals surface area contributed by atoms with Crippen molar-refractivity contribution in [3.8, 4) is 0 Å². The Labute approximate surface area is 130 Å². The number of rotatable bonds is 4. The molecular weight excluding hydrogens is 332 g/mol. The second-order valence-electron chi connectivity index (χ2n) is 4.60. The zero-order valence-electron chi connectivity index (χ0n) is 11.2. The molecule has 6 heteroatoms. The Morgan fingerprint density at radius 2 is 2.14 bits per heavy atom. The molecule has 0 bridgehead atoms. The molecule has 0 aliphatic carbocycles. The number of carbonyl (C=O) groups is 1. The van der Waals surface area contributed by atoms with Gasteiger partial charge in [-0.05, 0) is 11.1 Å². The standard InChI is InChI=1S/C15H13BrN4O/c16-7-11-2-1-3-12(6-11)8-18-15(21)13-9-19-20-5-4-17-10-14(13)20/h1-6,9-10H,7-8H2,(H,18,21). The molecule has 21 heavy (non-hydrogen) atoms. The minimum Gasteiger partial charge on any atom is -0.348 e. The highest BCUT2D eigenvalue weighted by Crippen LogP contribution is 2.11. The van der Waals surface area contributed by atoms with Crippen LogP contribution < -0.4 is 5.32 Å². The highest BCUT2D eigenvalue weighted by Gasteiger charge is 2.12. The van der Waals surface area contributed by atoms with Gasteiger partial charge in [-0.25, -0.2) is 4.52 Å². The Bertz CT molecular complexity index is 784. The lowest BCUT2D eigenvalue weighted by Gasteiger charge is -2.05. The summed E-state index contributed by atoms with van der Waals surface area (Å²) < 4.78 is 1.63. The van der Waals surface area contributed by atoms with Gasteiger partial charge in [0.1, 0.15) is 0 Å². The molecule has 0 unspecified atom stereocenters. The Kier molecular flexibility index (Phi) is 3.96. The summed E-state index contributed by atoms with van der Waals surface area (Å²) in [5.41, 5.74) is 3.47. The van der Waals surface area contributed by atoms with Crippen LogP contribution in [0.3, 0.4) is 0 Å². The van der Waals surface area contributed by atoms with Crippen LogP contribution in [0.5, 0.6) is 0 Å². The van der Waals surface area contributed by atoms with E-state index in [2.05, 4.69) is 37.4 Å². The molecule has 0 aliphatic rings. The molecule has 1 aromatic carbocycles. The van der Waals surface area contributed by atoms with Gasteiger partial charge in [0.05, 0.1) is 23.5 Å². The molecule has 0 aliphatic heterocycles. The molecule has 0 fully saturated rings. The maximum atomic E-state index is 12.2. The summed E-state index contributed by atoms with van der Waals surface area (Å²) in [6.07, 6.45) is 6.54. The van der Waals surface area contributed by atoms with Crippen LogP contribution in [0.1, 0.15) is 21.5 Å². The largest absolute Gasteiger partial charge is 0.348 e. The number of aromatic nitrogens is 3. The molecule has 3 rings (SSSR count). The normalized spacial score (nSPS) is 10.7. The van der Waals surface area contributed by atoms with E-state index in [0.29, 0.717) is 17.6 Å². The first-order valence-electron chi connectivity index (χ1n) is 6.47. The third-order valence-electron chi connectivity index (χ3n) is 3.17. The molecule has 0 saturated carbocycles. The summed E-state index contributed by atoms with van der Waals surface area (Å²) >= 11 is 3.43. The number of benzene rings is 1. The van der Waals surface area contributed by atoms with Gasteiger partial charge in [-0.3, -0.25) is 9.78 Å². The zero-order valence-corrected chi connectivity index (χ0v) is 12.7. The second kappa shape index (κ2) is 6.05. The van der Waals surface area contributed by atoms with E-state index in [4.69, 9.17) is 0 Å². The maximum absolute atomic E-state index is 12.2. The fraction of sp³-hybridized carbons (Fsp3) is 0.133. The molecule has 0 saturated heterocycles. The van der Waals surface area contributed by atoms with Gasteiger partial charge in [0.25, 0.3) is 5.91 Å². The summed E-state index contributed by atoms with van der Waals surface area (Å²) in [5.74, 6) is -0.151. The van der Waals surface area contributed by atoms with Gasteiger partial charge in [0.15, 0.2) is 0 Å². The van der Waals surface area contributed by atoms with Crippen molar-refractivity contribution in [2.24, 2.45) is 0 Å². The van der Waals surface area contributed by atoms with E-state index in [-0.39, 0.29) is 5.91 Å². The van der Waals surface area contributed by atoms with Crippen molar-refractivity contribution in [3.63, 3.8) is 0 Å². The lowest BCUT2D eigenvalue weighted by atomic mass is 10.1. The van der Waals surface area contributed by atoms with Crippen LogP contribution in [0.25, 0.3) is 5.52 Å². The molecule has 0 atom stereocenters. The monoisotopic (exact) mass is 344 g/mol. The summed E-state index contributed by atoms with van der Waals surface area (Å²) in [5, 5.41) is 7.84. The van der Waals surface area contributed by atoms with Gasteiger partial charge in [-0.15, -0.1) is 0 Å². The average molecular weight is 345 g/mol. The van der Waals surface area contributed by atoms with E-state index in [1.807, 2.05) is 18.2 Å². The van der Waals surface area contributed by atoms with Crippen LogP contribution in [-0.2, 0) is 11.9 Å². The van der Waals surface area contributed by atoms with Gasteiger partial charge in [-0.2, -0.15) is 5.10 Å². The number of nitrogens with zero attached hydrogens (tertiary/aromatic N) is 3. The van der Waals surface area contributed by atoms with Gasteiger partial charge in [-0.1, -0.05) is 40.2 Å². The predicted octanol–water partition coefficient (Wildman–Crippen LogP) is 2.55. The van der Waals surface area contributed by atoms with Crippen molar-refractivity contribution < 1.29 is 4.79 Å². The number of amides is 1. The predicted molar refractivity (Wildman–Crippen MR) is 83.2 cm³/mol. The van der Waals surface area contributed by atoms with Crippen molar-refractivity contribution in [1.82, 2.24) is 19.9 Å². The smallest absolute Gasteiger partial charge is 0.255 e. The van der Waals surface area contributed by atoms with Crippen molar-refractivity contribution in [3.05, 3.63) is 65.7 Å². The molecular formula is C15H13BrN4O. The number of hydrogen-bond donors (Lipinski definition) is 1. The number of nitrogens with one attached hydrogen (secondary N) is 1. The summed E-state index contributed by atoms with van der Waals surface area (Å²) in [4.78, 5) is 16.3. The molecule has 3 aromatic rings. The highest BCUT2D eigenvalue weighted by molar-refractivity contribution is 9.08. The number of alkyl halides is 1. The highest BCUT2D eigenvalue weighted by atomic mass is 79.9. The molecule has 106 valence electrons. The van der Waals surface area contributed by atoms with Crippen LogP contribution >= 0.6 is 15.9 Å². The molecule has 1 N–H and O–H groups in total. The Morgan fingerprint density at radius 3 is 3.00 bits per heavy atom. The van der Waals surface area contributed by atoms with Gasteiger partial charge < -0.3 is 5.32 Å². The molecule has 0 spiro atoms. The fourth-order valence-electron chi connectivity index (χ4n) is 2.11. The average Bonchev–Trinajstić information content (AvgIpc) is 2.97. The maximum Gasteiger partial charge on any atom is 0.255 e. The third-order valence-corrected chi connectivity index (χ3v) is 3.82. The van der Waals surface area contributed by atoms with Crippen LogP contribution in [0.4, 0.5) is 0 Å². The van der Waals surface area contributed by atoms with Crippen LogP contribution in [-0.4, -0.2) is 20.5 Å². The minimum atomic E-state index is -0.151. The van der Waals surface area contributed by atoms with E-state index in [9.17, 15) is 4.79 Å². The molecule has 1 amide bonds. The molecule has 0 radical (unpaired) electrons. The first kappa shape index (κ1) is 13.8. The van der Waals surface area contributed by atoms with Crippen molar-refractivity contribution in [1.29, 1.82) is 0 Å². The SMILES string of the molecule is O=C(NCc1cccc(CBr)c1)c1cnn2ccncc12. The van der Waals surface area contributed by atoms with Crippen molar-refractivity contribution in [2.75, 3.05) is 0 Å². The van der Waals surface area contributed by atoms with E-state index in [1.54, 1.807) is 29.3 Å². The zero-order chi connectivity index (χ0) is 14.7. The van der Waals surface area contributed by atoms with Crippen LogP contribution in [0.2, 0.25) is 0 Å². The lowest BCUT2D eigenvalue weighted by Crippen LogP contribution is -2.22. The van der Waals surface area contributed by atoms with E-state index in [0.717, 1.165) is 10.9 Å². The quantitative estimate of drug-likeness (QED) is 0.740. The summed E-state index contributed by atoms with van der Waals surface area (Å²) in [7, 11) is 0. The van der Waals surface area contributed by atoms with E-state index < -0.39 is 0 Å². The number of halogens is 1. The van der Waals surface area contributed by atoms with Gasteiger partial charge in [0, 0.05) is 24.3 Å². The van der Waals surface area contributed by atoms with Gasteiger partial charge >= 0.3 is 0 Å². The van der Waals surface area contributed by atoms with Crippen LogP contribution in [0.15, 0.2) is 49.1 Å². The molecule has 5 nitrogen and oxygen atoms in total. The van der Waals surface area contributed by atoms with E-state index in [1.165, 1.54) is 5.56 Å². The second-order valence-corrected chi connectivity index (χ2v) is 5.16. The van der Waals surface area contributed by atoms with Gasteiger partial charge in [0.2, 0.25) is 0 Å². The topological polar surface area (TPSA) is 59.3 Å². The minimum absolute atomic E-state index is 0.151. The van der Waals surface area contributed by atoms with Crippen LogP contribution in [0, 0.1) is 0 Å². The fourth-order valence-corrected chi connectivity index (χ4v) is 2.46. The summed E-state index contributed by atoms with van der Waals surface area (Å²) in [6.45, 7) is 0.483. The Morgan fingerprint density at radius 1 is 1.29 bits per heavy atom. The first-order chi connectivity index (χ1) is 10.3. The third kappa shape index (κ3) is 2.95. The summed E-state index contributed by atoms with van der Waals surface area (Å²) in [6, 6.07) is 8.07. The number of carbonyl (C=O) groups excluding carboxylic acids is 1. The van der Waals surface area contributed by atoms with Crippen molar-refractivity contribution >= 4 is 27.4 Å². The van der Waals surface area contributed by atoms with E-state index >= 15 is 0 Å². The molecule has 2 aromatic heterocycles. The lowest BCUT2D eigenvalue weighted by molar-refractivity contribution is 0.0952. The first-order valence-corrected chi connectivity index (χ1v) is 7.59. The molecule has 2 heterocycles. The Hall–Kier alpha value is -2.21. The number of hydrogen-bond acceptors (Lipinski definition) is 3.